The van der Waals surface area contributed by atoms with Gasteiger partial charge >= 0.3 is 6.03 Å². The molecule has 0 unspecified atom stereocenters. The van der Waals surface area contributed by atoms with Crippen molar-refractivity contribution in [2.45, 2.75) is 34.2 Å². The Labute approximate surface area is 202 Å². The molecule has 3 aromatic rings. The van der Waals surface area contributed by atoms with E-state index in [-0.39, 0.29) is 6.03 Å². The first-order valence-electron chi connectivity index (χ1n) is 11.5. The summed E-state index contributed by atoms with van der Waals surface area (Å²) in [6.07, 6.45) is 1.77. The molecular formula is C26H35N7O. The number of nitrogens with zero attached hydrogens (tertiary/aromatic N) is 5. The molecule has 0 atom stereocenters. The molecular weight excluding hydrogens is 426 g/mol. The monoisotopic (exact) mass is 461 g/mol. The van der Waals surface area contributed by atoms with Crippen LogP contribution in [0.5, 0.6) is 0 Å². The van der Waals surface area contributed by atoms with Crippen LogP contribution < -0.4 is 20.9 Å². The lowest BCUT2D eigenvalue weighted by Crippen LogP contribution is -2.46. The van der Waals surface area contributed by atoms with Gasteiger partial charge in [-0.2, -0.15) is 4.98 Å². The van der Waals surface area contributed by atoms with Crippen molar-refractivity contribution in [3.63, 3.8) is 0 Å². The van der Waals surface area contributed by atoms with E-state index in [0.717, 1.165) is 41.2 Å². The lowest BCUT2D eigenvalue weighted by atomic mass is 10.1. The number of anilines is 5. The molecule has 0 bridgehead atoms. The summed E-state index contributed by atoms with van der Waals surface area (Å²) in [7, 11) is 3.85. The molecule has 1 aliphatic heterocycles. The Morgan fingerprint density at radius 3 is 2.24 bits per heavy atom. The van der Waals surface area contributed by atoms with E-state index in [0.29, 0.717) is 24.0 Å². The first kappa shape index (κ1) is 25.0. The van der Waals surface area contributed by atoms with Crippen molar-refractivity contribution in [1.29, 1.82) is 0 Å². The van der Waals surface area contributed by atoms with E-state index in [9.17, 15) is 4.79 Å². The minimum atomic E-state index is -0.109. The molecule has 0 saturated heterocycles. The summed E-state index contributed by atoms with van der Waals surface area (Å²) in [4.78, 5) is 27.6. The number of fused-ring (bicyclic) bond motifs is 1. The molecule has 0 fully saturated rings. The Balaban J connectivity index is 0.000000481. The number of nitrogens with one attached hydrogen (secondary N) is 1. The van der Waals surface area contributed by atoms with Crippen LogP contribution in [0.3, 0.4) is 0 Å². The van der Waals surface area contributed by atoms with Gasteiger partial charge in [0.25, 0.3) is 0 Å². The van der Waals surface area contributed by atoms with E-state index in [1.807, 2.05) is 44.2 Å². The Morgan fingerprint density at radius 1 is 1.06 bits per heavy atom. The molecule has 180 valence electrons. The molecule has 2 heterocycles. The van der Waals surface area contributed by atoms with Crippen LogP contribution >= 0.6 is 0 Å². The molecule has 4 rings (SSSR count). The van der Waals surface area contributed by atoms with Gasteiger partial charge in [-0.25, -0.2) is 9.78 Å². The van der Waals surface area contributed by atoms with Crippen LogP contribution in [0.1, 0.15) is 30.5 Å². The summed E-state index contributed by atoms with van der Waals surface area (Å²) in [5.74, 6) is 1.05. The van der Waals surface area contributed by atoms with E-state index >= 15 is 0 Å². The minimum Gasteiger partial charge on any atom is -0.399 e. The quantitative estimate of drug-likeness (QED) is 0.522. The van der Waals surface area contributed by atoms with Gasteiger partial charge in [-0.1, -0.05) is 32.0 Å². The molecule has 0 aliphatic carbocycles. The number of hydrogen-bond donors (Lipinski definition) is 2. The van der Waals surface area contributed by atoms with E-state index in [1.54, 1.807) is 35.2 Å². The number of aryl methyl sites for hydroxylation is 2. The standard InChI is InChI=1S/C21H22N6O.C5H13N/c1-13-5-4-6-14(2)18(13)27-12-15-11-23-20(25-19(15)26(3)21(27)28)24-17-9-7-16(22)8-10-17;1-4-6(3)5-2/h4-11H,12,22H2,1-3H3,(H,23,24,25);4-5H2,1-3H3. The Morgan fingerprint density at radius 2 is 1.68 bits per heavy atom. The molecule has 8 heteroatoms. The van der Waals surface area contributed by atoms with E-state index in [4.69, 9.17) is 5.73 Å². The van der Waals surface area contributed by atoms with E-state index in [1.165, 1.54) is 0 Å². The first-order valence-corrected chi connectivity index (χ1v) is 11.5. The van der Waals surface area contributed by atoms with Gasteiger partial charge in [-0.15, -0.1) is 0 Å². The number of amides is 2. The summed E-state index contributed by atoms with van der Waals surface area (Å²) in [6, 6.07) is 13.2. The number of hydrogen-bond acceptors (Lipinski definition) is 6. The molecule has 0 spiro atoms. The second-order valence-corrected chi connectivity index (χ2v) is 8.45. The number of para-hydroxylation sites is 1. The normalized spacial score (nSPS) is 12.9. The molecule has 1 aliphatic rings. The van der Waals surface area contributed by atoms with Gasteiger partial charge in [0, 0.05) is 30.2 Å². The van der Waals surface area contributed by atoms with Gasteiger partial charge in [0.1, 0.15) is 5.82 Å². The maximum Gasteiger partial charge on any atom is 0.330 e. The van der Waals surface area contributed by atoms with Crippen molar-refractivity contribution in [2.75, 3.05) is 48.0 Å². The molecule has 2 amide bonds. The third-order valence-electron chi connectivity index (χ3n) is 5.96. The molecule has 34 heavy (non-hydrogen) atoms. The van der Waals surface area contributed by atoms with Crippen molar-refractivity contribution < 1.29 is 4.79 Å². The summed E-state index contributed by atoms with van der Waals surface area (Å²) < 4.78 is 0. The number of nitrogen functional groups attached to an aromatic ring is 1. The Hall–Kier alpha value is -3.65. The van der Waals surface area contributed by atoms with Crippen molar-refractivity contribution in [2.24, 2.45) is 0 Å². The average Bonchev–Trinajstić information content (AvgIpc) is 2.83. The lowest BCUT2D eigenvalue weighted by Gasteiger charge is -2.35. The largest absolute Gasteiger partial charge is 0.399 e. The molecule has 0 radical (unpaired) electrons. The van der Waals surface area contributed by atoms with Gasteiger partial charge in [-0.3, -0.25) is 9.80 Å². The number of nitrogens with two attached hydrogens (primary N) is 1. The molecule has 3 N–H and O–H groups in total. The molecule has 8 nitrogen and oxygen atoms in total. The van der Waals surface area contributed by atoms with Crippen LogP contribution in [0.15, 0.2) is 48.7 Å². The van der Waals surface area contributed by atoms with E-state index in [2.05, 4.69) is 41.1 Å². The fourth-order valence-corrected chi connectivity index (χ4v) is 3.69. The number of benzene rings is 2. The fraction of sp³-hybridized carbons (Fsp3) is 0.346. The Kier molecular flexibility index (Phi) is 8.07. The fourth-order valence-electron chi connectivity index (χ4n) is 3.69. The van der Waals surface area contributed by atoms with Crippen LogP contribution in [0, 0.1) is 13.8 Å². The Bertz CT molecular complexity index is 1110. The lowest BCUT2D eigenvalue weighted by molar-refractivity contribution is 0.251. The number of urea groups is 1. The zero-order chi connectivity index (χ0) is 24.8. The zero-order valence-electron chi connectivity index (χ0n) is 21.0. The summed E-state index contributed by atoms with van der Waals surface area (Å²) in [5.41, 5.74) is 11.2. The first-order chi connectivity index (χ1) is 16.2. The average molecular weight is 462 g/mol. The van der Waals surface area contributed by atoms with Crippen LogP contribution in [-0.4, -0.2) is 48.1 Å². The van der Waals surface area contributed by atoms with Gasteiger partial charge < -0.3 is 16.0 Å². The number of carbonyl (C=O) groups is 1. The molecule has 0 saturated carbocycles. The van der Waals surface area contributed by atoms with Crippen LogP contribution in [0.2, 0.25) is 0 Å². The zero-order valence-corrected chi connectivity index (χ0v) is 21.0. The highest BCUT2D eigenvalue weighted by molar-refractivity contribution is 6.05. The van der Waals surface area contributed by atoms with Crippen molar-refractivity contribution in [3.8, 4) is 0 Å². The predicted octanol–water partition coefficient (Wildman–Crippen LogP) is 4.95. The highest BCUT2D eigenvalue weighted by Gasteiger charge is 2.32. The maximum absolute atomic E-state index is 13.1. The van der Waals surface area contributed by atoms with Crippen LogP contribution in [0.25, 0.3) is 0 Å². The van der Waals surface area contributed by atoms with Gasteiger partial charge in [0.05, 0.1) is 12.2 Å². The second kappa shape index (κ2) is 11.0. The van der Waals surface area contributed by atoms with Crippen molar-refractivity contribution in [1.82, 2.24) is 14.9 Å². The topological polar surface area (TPSA) is 90.6 Å². The summed E-state index contributed by atoms with van der Waals surface area (Å²) in [6.45, 7) is 11.1. The van der Waals surface area contributed by atoms with Crippen molar-refractivity contribution in [3.05, 3.63) is 65.4 Å². The molecule has 1 aromatic heterocycles. The number of carbonyl (C=O) groups excluding carboxylic acids is 1. The second-order valence-electron chi connectivity index (χ2n) is 8.45. The molecule has 2 aromatic carbocycles. The highest BCUT2D eigenvalue weighted by Crippen LogP contribution is 2.33. The van der Waals surface area contributed by atoms with Crippen LogP contribution in [0.4, 0.5) is 33.6 Å². The third kappa shape index (κ3) is 5.63. The van der Waals surface area contributed by atoms with Gasteiger partial charge in [0.2, 0.25) is 5.95 Å². The van der Waals surface area contributed by atoms with E-state index < -0.39 is 0 Å². The maximum atomic E-state index is 13.1. The third-order valence-corrected chi connectivity index (χ3v) is 5.96. The summed E-state index contributed by atoms with van der Waals surface area (Å²) in [5, 5.41) is 3.15. The number of rotatable bonds is 5. The number of aromatic nitrogens is 2. The minimum absolute atomic E-state index is 0.109. The van der Waals surface area contributed by atoms with Crippen molar-refractivity contribution >= 4 is 34.9 Å². The van der Waals surface area contributed by atoms with Crippen LogP contribution in [-0.2, 0) is 6.54 Å². The SMILES string of the molecule is CCN(C)CC.Cc1cccc(C)c1N1Cc2cnc(Nc3ccc(N)cc3)nc2N(C)C1=O. The van der Waals surface area contributed by atoms with Gasteiger partial charge in [0.15, 0.2) is 0 Å². The van der Waals surface area contributed by atoms with Gasteiger partial charge in [-0.05, 0) is 69.4 Å². The highest BCUT2D eigenvalue weighted by atomic mass is 16.2. The summed E-state index contributed by atoms with van der Waals surface area (Å²) >= 11 is 0. The predicted molar refractivity (Wildman–Crippen MR) is 141 cm³/mol. The smallest absolute Gasteiger partial charge is 0.330 e.